The van der Waals surface area contributed by atoms with Gasteiger partial charge in [-0.2, -0.15) is 0 Å². The molecule has 1 atom stereocenters. The van der Waals surface area contributed by atoms with Crippen LogP contribution >= 0.6 is 22.9 Å². The van der Waals surface area contributed by atoms with Gasteiger partial charge in [0.2, 0.25) is 5.91 Å². The summed E-state index contributed by atoms with van der Waals surface area (Å²) in [5, 5.41) is 4.56. The van der Waals surface area contributed by atoms with Gasteiger partial charge in [-0.25, -0.2) is 4.98 Å². The van der Waals surface area contributed by atoms with Crippen LogP contribution in [0, 0.1) is 13.8 Å². The van der Waals surface area contributed by atoms with Crippen molar-refractivity contribution in [3.63, 3.8) is 0 Å². The predicted octanol–water partition coefficient (Wildman–Crippen LogP) is 6.25. The van der Waals surface area contributed by atoms with E-state index in [1.54, 1.807) is 17.0 Å². The van der Waals surface area contributed by atoms with Gasteiger partial charge >= 0.3 is 0 Å². The van der Waals surface area contributed by atoms with Gasteiger partial charge in [-0.1, -0.05) is 61.2 Å². The second kappa shape index (κ2) is 10.5. The molecule has 0 radical (unpaired) electrons. The molecule has 1 saturated carbocycles. The van der Waals surface area contributed by atoms with Crippen LogP contribution in [0.15, 0.2) is 54.6 Å². The van der Waals surface area contributed by atoms with Gasteiger partial charge < -0.3 is 5.32 Å². The van der Waals surface area contributed by atoms with E-state index in [-0.39, 0.29) is 17.9 Å². The van der Waals surface area contributed by atoms with Crippen LogP contribution in [0.5, 0.6) is 0 Å². The first-order valence-corrected chi connectivity index (χ1v) is 12.5. The van der Waals surface area contributed by atoms with Crippen molar-refractivity contribution >= 4 is 40.4 Å². The molecule has 1 N–H and O–H groups in total. The van der Waals surface area contributed by atoms with E-state index in [9.17, 15) is 9.59 Å². The SMILES string of the molecule is Cc1nc(C)c(C(=O)N(c2ccccc2)C(C(=O)NC2CCCCC2)c2cccc(Cl)c2)s1. The minimum absolute atomic E-state index is 0.119. The van der Waals surface area contributed by atoms with Crippen molar-refractivity contribution in [3.05, 3.63) is 80.8 Å². The number of hydrogen-bond acceptors (Lipinski definition) is 4. The Kier molecular flexibility index (Phi) is 7.46. The fourth-order valence-corrected chi connectivity index (χ4v) is 5.49. The Hall–Kier alpha value is -2.70. The number of hydrogen-bond donors (Lipinski definition) is 1. The second-order valence-corrected chi connectivity index (χ2v) is 10.1. The molecule has 2 aromatic carbocycles. The van der Waals surface area contributed by atoms with Crippen LogP contribution in [0.1, 0.15) is 64.1 Å². The number of thiazole rings is 1. The number of aromatic nitrogens is 1. The molecule has 1 aliphatic rings. The second-order valence-electron chi connectivity index (χ2n) is 8.46. The van der Waals surface area contributed by atoms with E-state index in [2.05, 4.69) is 10.3 Å². The predicted molar refractivity (Wildman–Crippen MR) is 134 cm³/mol. The number of rotatable bonds is 6. The highest BCUT2D eigenvalue weighted by Gasteiger charge is 2.36. The van der Waals surface area contributed by atoms with Gasteiger partial charge in [0.05, 0.1) is 10.7 Å². The summed E-state index contributed by atoms with van der Waals surface area (Å²) < 4.78 is 0. The maximum atomic E-state index is 14.0. The van der Waals surface area contributed by atoms with E-state index >= 15 is 0 Å². The Labute approximate surface area is 203 Å². The van der Waals surface area contributed by atoms with Gasteiger partial charge in [-0.05, 0) is 56.5 Å². The summed E-state index contributed by atoms with van der Waals surface area (Å²) in [5.41, 5.74) is 1.99. The summed E-state index contributed by atoms with van der Waals surface area (Å²) in [7, 11) is 0. The number of anilines is 1. The molecule has 2 amide bonds. The minimum Gasteiger partial charge on any atom is -0.351 e. The fraction of sp³-hybridized carbons (Fsp3) is 0.346. The van der Waals surface area contributed by atoms with Crippen LogP contribution in [-0.4, -0.2) is 22.8 Å². The van der Waals surface area contributed by atoms with Crippen LogP contribution in [-0.2, 0) is 4.79 Å². The average Bonchev–Trinajstić information content (AvgIpc) is 3.16. The van der Waals surface area contributed by atoms with Crippen molar-refractivity contribution < 1.29 is 9.59 Å². The number of nitrogens with zero attached hydrogens (tertiary/aromatic N) is 2. The Balaban J connectivity index is 1.81. The topological polar surface area (TPSA) is 62.3 Å². The number of amides is 2. The molecule has 33 heavy (non-hydrogen) atoms. The molecule has 1 fully saturated rings. The molecule has 7 heteroatoms. The fourth-order valence-electron chi connectivity index (χ4n) is 4.43. The number of nitrogens with one attached hydrogen (secondary N) is 1. The third-order valence-electron chi connectivity index (χ3n) is 5.97. The summed E-state index contributed by atoms with van der Waals surface area (Å²) in [5.74, 6) is -0.437. The van der Waals surface area contributed by atoms with Crippen molar-refractivity contribution in [2.24, 2.45) is 0 Å². The van der Waals surface area contributed by atoms with Gasteiger partial charge in [-0.15, -0.1) is 11.3 Å². The molecule has 0 saturated heterocycles. The number of benzene rings is 2. The molecule has 1 aromatic heterocycles. The third kappa shape index (κ3) is 5.45. The molecule has 1 heterocycles. The smallest absolute Gasteiger partial charge is 0.271 e. The van der Waals surface area contributed by atoms with Crippen LogP contribution in [0.25, 0.3) is 0 Å². The number of halogens is 1. The molecule has 1 aliphatic carbocycles. The van der Waals surface area contributed by atoms with Gasteiger partial charge in [0.1, 0.15) is 10.9 Å². The molecular formula is C26H28ClN3O2S. The normalized spacial score (nSPS) is 15.1. The highest BCUT2D eigenvalue weighted by molar-refractivity contribution is 7.13. The number of carbonyl (C=O) groups excluding carboxylic acids is 2. The first-order chi connectivity index (χ1) is 15.9. The van der Waals surface area contributed by atoms with Crippen LogP contribution in [0.3, 0.4) is 0 Å². The van der Waals surface area contributed by atoms with E-state index < -0.39 is 6.04 Å². The zero-order valence-electron chi connectivity index (χ0n) is 18.9. The summed E-state index contributed by atoms with van der Waals surface area (Å²) in [6.45, 7) is 3.71. The first-order valence-electron chi connectivity index (χ1n) is 11.3. The first kappa shape index (κ1) is 23.5. The summed E-state index contributed by atoms with van der Waals surface area (Å²) in [4.78, 5) is 34.3. The molecule has 172 valence electrons. The van der Waals surface area contributed by atoms with Crippen LogP contribution < -0.4 is 10.2 Å². The molecule has 4 rings (SSSR count). The zero-order valence-corrected chi connectivity index (χ0v) is 20.5. The van der Waals surface area contributed by atoms with Crippen molar-refractivity contribution in [1.29, 1.82) is 0 Å². The lowest BCUT2D eigenvalue weighted by atomic mass is 9.94. The maximum absolute atomic E-state index is 14.0. The summed E-state index contributed by atoms with van der Waals surface area (Å²) >= 11 is 7.67. The molecule has 0 bridgehead atoms. The largest absolute Gasteiger partial charge is 0.351 e. The quantitative estimate of drug-likeness (QED) is 0.452. The highest BCUT2D eigenvalue weighted by atomic mass is 35.5. The molecule has 0 spiro atoms. The van der Waals surface area contributed by atoms with E-state index in [4.69, 9.17) is 11.6 Å². The number of para-hydroxylation sites is 1. The van der Waals surface area contributed by atoms with Crippen molar-refractivity contribution in [2.75, 3.05) is 4.90 Å². The summed E-state index contributed by atoms with van der Waals surface area (Å²) in [6, 6.07) is 15.8. The number of aryl methyl sites for hydroxylation is 2. The third-order valence-corrected chi connectivity index (χ3v) is 7.27. The lowest BCUT2D eigenvalue weighted by Crippen LogP contribution is -2.47. The minimum atomic E-state index is -0.859. The zero-order chi connectivity index (χ0) is 23.4. The Morgan fingerprint density at radius 2 is 1.79 bits per heavy atom. The van der Waals surface area contributed by atoms with E-state index in [0.29, 0.717) is 26.8 Å². The van der Waals surface area contributed by atoms with Gasteiger partial charge in [0.15, 0.2) is 0 Å². The highest BCUT2D eigenvalue weighted by Crippen LogP contribution is 2.33. The molecule has 3 aromatic rings. The Morgan fingerprint density at radius 1 is 1.06 bits per heavy atom. The monoisotopic (exact) mass is 481 g/mol. The molecule has 1 unspecified atom stereocenters. The Bertz CT molecular complexity index is 1130. The standard InChI is InChI=1S/C26H28ClN3O2S/c1-17-24(33-18(2)28-17)26(32)30(22-14-7-4-8-15-22)23(19-10-9-11-20(27)16-19)25(31)29-21-12-5-3-6-13-21/h4,7-11,14-16,21,23H,3,5-6,12-13H2,1-2H3,(H,29,31). The maximum Gasteiger partial charge on any atom is 0.271 e. The molecular weight excluding hydrogens is 454 g/mol. The van der Waals surface area contributed by atoms with Crippen LogP contribution in [0.2, 0.25) is 5.02 Å². The number of carbonyl (C=O) groups is 2. The molecule has 5 nitrogen and oxygen atoms in total. The van der Waals surface area contributed by atoms with Gasteiger partial charge in [-0.3, -0.25) is 14.5 Å². The Morgan fingerprint density at radius 3 is 2.42 bits per heavy atom. The van der Waals surface area contributed by atoms with Crippen molar-refractivity contribution in [1.82, 2.24) is 10.3 Å². The van der Waals surface area contributed by atoms with E-state index in [1.807, 2.05) is 56.3 Å². The van der Waals surface area contributed by atoms with Gasteiger partial charge in [0.25, 0.3) is 5.91 Å². The molecule has 0 aliphatic heterocycles. The lowest BCUT2D eigenvalue weighted by molar-refractivity contribution is -0.123. The van der Waals surface area contributed by atoms with Crippen molar-refractivity contribution in [3.8, 4) is 0 Å². The van der Waals surface area contributed by atoms with Gasteiger partial charge in [0, 0.05) is 16.8 Å². The van der Waals surface area contributed by atoms with Crippen LogP contribution in [0.4, 0.5) is 5.69 Å². The summed E-state index contributed by atoms with van der Waals surface area (Å²) in [6.07, 6.45) is 5.32. The van der Waals surface area contributed by atoms with E-state index in [1.165, 1.54) is 17.8 Å². The van der Waals surface area contributed by atoms with E-state index in [0.717, 1.165) is 30.7 Å². The average molecular weight is 482 g/mol. The lowest BCUT2D eigenvalue weighted by Gasteiger charge is -2.33. The van der Waals surface area contributed by atoms with Crippen molar-refractivity contribution in [2.45, 2.75) is 58.0 Å².